The van der Waals surface area contributed by atoms with E-state index in [0.717, 1.165) is 0 Å². The average molecular weight is 255 g/mol. The molecule has 94 valence electrons. The number of anilines is 1. The molecular weight excluding hydrogens is 238 g/mol. The lowest BCUT2D eigenvalue weighted by atomic mass is 9.96. The van der Waals surface area contributed by atoms with Crippen LogP contribution in [0.2, 0.25) is 0 Å². The molecule has 0 fully saturated rings. The zero-order valence-electron chi connectivity index (χ0n) is 10.2. The van der Waals surface area contributed by atoms with Crippen LogP contribution in [0.3, 0.4) is 0 Å². The van der Waals surface area contributed by atoms with E-state index in [4.69, 9.17) is 5.11 Å². The fourth-order valence-corrected chi connectivity index (χ4v) is 1.93. The van der Waals surface area contributed by atoms with Crippen molar-refractivity contribution in [2.45, 2.75) is 38.6 Å². The van der Waals surface area contributed by atoms with Gasteiger partial charge in [-0.15, -0.1) is 6.58 Å². The van der Waals surface area contributed by atoms with Crippen LogP contribution in [0.5, 0.6) is 0 Å². The van der Waals surface area contributed by atoms with Crippen molar-refractivity contribution in [1.82, 2.24) is 9.36 Å². The quantitative estimate of drug-likeness (QED) is 0.789. The van der Waals surface area contributed by atoms with Crippen molar-refractivity contribution in [3.63, 3.8) is 0 Å². The van der Waals surface area contributed by atoms with E-state index in [1.165, 1.54) is 11.5 Å². The van der Waals surface area contributed by atoms with Gasteiger partial charge in [0.1, 0.15) is 11.9 Å². The molecule has 0 aliphatic carbocycles. The molecule has 5 nitrogen and oxygen atoms in total. The molecule has 0 aliphatic heterocycles. The lowest BCUT2D eigenvalue weighted by Crippen LogP contribution is -2.28. The number of aliphatic carboxylic acids is 1. The van der Waals surface area contributed by atoms with Gasteiger partial charge in [-0.2, -0.15) is 4.37 Å². The van der Waals surface area contributed by atoms with Crippen LogP contribution in [0.4, 0.5) is 5.13 Å². The summed E-state index contributed by atoms with van der Waals surface area (Å²) in [4.78, 5) is 15.2. The maximum Gasteiger partial charge on any atom is 0.326 e. The molecule has 1 atom stereocenters. The first-order valence-corrected chi connectivity index (χ1v) is 6.06. The molecule has 0 aromatic carbocycles. The summed E-state index contributed by atoms with van der Waals surface area (Å²) in [6, 6.07) is -0.701. The van der Waals surface area contributed by atoms with Crippen LogP contribution in [-0.2, 0) is 10.2 Å². The lowest BCUT2D eigenvalue weighted by molar-refractivity contribution is -0.137. The third-order valence-corrected chi connectivity index (χ3v) is 2.74. The summed E-state index contributed by atoms with van der Waals surface area (Å²) in [5, 5.41) is 12.4. The zero-order chi connectivity index (χ0) is 13.1. The van der Waals surface area contributed by atoms with Crippen LogP contribution in [0.1, 0.15) is 33.0 Å². The van der Waals surface area contributed by atoms with Crippen LogP contribution >= 0.6 is 11.5 Å². The Bertz CT molecular complexity index is 409. The molecule has 2 N–H and O–H groups in total. The van der Waals surface area contributed by atoms with Gasteiger partial charge >= 0.3 is 5.97 Å². The van der Waals surface area contributed by atoms with Gasteiger partial charge in [0.2, 0.25) is 5.13 Å². The Morgan fingerprint density at radius 3 is 2.71 bits per heavy atom. The largest absolute Gasteiger partial charge is 0.480 e. The third-order valence-electron chi connectivity index (χ3n) is 2.10. The molecule has 17 heavy (non-hydrogen) atoms. The summed E-state index contributed by atoms with van der Waals surface area (Å²) in [5.41, 5.74) is -0.131. The van der Waals surface area contributed by atoms with E-state index in [0.29, 0.717) is 17.4 Å². The van der Waals surface area contributed by atoms with Crippen molar-refractivity contribution in [3.8, 4) is 0 Å². The Balaban J connectivity index is 2.77. The first kappa shape index (κ1) is 13.6. The van der Waals surface area contributed by atoms with E-state index in [-0.39, 0.29) is 5.41 Å². The SMILES string of the molecule is C=CCC(Nc1nc(C(C)(C)C)ns1)C(=O)O. The maximum atomic E-state index is 10.9. The molecular formula is C11H17N3O2S. The lowest BCUT2D eigenvalue weighted by Gasteiger charge is -2.13. The van der Waals surface area contributed by atoms with Gasteiger partial charge in [0, 0.05) is 16.9 Å². The van der Waals surface area contributed by atoms with E-state index in [9.17, 15) is 4.79 Å². The molecule has 6 heteroatoms. The van der Waals surface area contributed by atoms with Crippen LogP contribution in [0.15, 0.2) is 12.7 Å². The fourth-order valence-electron chi connectivity index (χ4n) is 1.12. The molecule has 1 unspecified atom stereocenters. The number of aromatic nitrogens is 2. The number of hydrogen-bond donors (Lipinski definition) is 2. The minimum absolute atomic E-state index is 0.131. The number of carbonyl (C=O) groups is 1. The fraction of sp³-hybridized carbons (Fsp3) is 0.545. The summed E-state index contributed by atoms with van der Waals surface area (Å²) < 4.78 is 4.21. The van der Waals surface area contributed by atoms with Gasteiger partial charge in [-0.25, -0.2) is 9.78 Å². The van der Waals surface area contributed by atoms with Gasteiger partial charge < -0.3 is 10.4 Å². The number of carboxylic acids is 1. The predicted molar refractivity (Wildman–Crippen MR) is 68.5 cm³/mol. The van der Waals surface area contributed by atoms with Gasteiger partial charge in [-0.3, -0.25) is 0 Å². The summed E-state index contributed by atoms with van der Waals surface area (Å²) in [5.74, 6) is -0.204. The summed E-state index contributed by atoms with van der Waals surface area (Å²) in [6.07, 6.45) is 1.91. The zero-order valence-corrected chi connectivity index (χ0v) is 11.0. The highest BCUT2D eigenvalue weighted by atomic mass is 32.1. The highest BCUT2D eigenvalue weighted by Gasteiger charge is 2.22. The average Bonchev–Trinajstić information content (AvgIpc) is 2.64. The van der Waals surface area contributed by atoms with E-state index in [2.05, 4.69) is 21.3 Å². The molecule has 0 saturated heterocycles. The number of nitrogens with one attached hydrogen (secondary N) is 1. The van der Waals surface area contributed by atoms with E-state index >= 15 is 0 Å². The molecule has 0 aliphatic rings. The molecule has 0 amide bonds. The second-order valence-electron chi connectivity index (χ2n) is 4.73. The topological polar surface area (TPSA) is 75.1 Å². The van der Waals surface area contributed by atoms with Crippen molar-refractivity contribution in [2.75, 3.05) is 5.32 Å². The molecule has 1 heterocycles. The van der Waals surface area contributed by atoms with Gasteiger partial charge in [-0.05, 0) is 6.42 Å². The Kier molecular flexibility index (Phi) is 4.22. The van der Waals surface area contributed by atoms with E-state index in [1.54, 1.807) is 6.08 Å². The highest BCUT2D eigenvalue weighted by Crippen LogP contribution is 2.23. The smallest absolute Gasteiger partial charge is 0.326 e. The molecule has 0 radical (unpaired) electrons. The second-order valence-corrected chi connectivity index (χ2v) is 5.48. The number of rotatable bonds is 5. The molecule has 1 rings (SSSR count). The van der Waals surface area contributed by atoms with Gasteiger partial charge in [0.05, 0.1) is 0 Å². The van der Waals surface area contributed by atoms with Crippen molar-refractivity contribution in [3.05, 3.63) is 18.5 Å². The van der Waals surface area contributed by atoms with E-state index in [1.807, 2.05) is 20.8 Å². The maximum absolute atomic E-state index is 10.9. The Morgan fingerprint density at radius 1 is 1.65 bits per heavy atom. The summed E-state index contributed by atoms with van der Waals surface area (Å²) in [6.45, 7) is 9.57. The predicted octanol–water partition coefficient (Wildman–Crippen LogP) is 2.28. The van der Waals surface area contributed by atoms with Crippen LogP contribution in [-0.4, -0.2) is 26.5 Å². The molecule has 0 spiro atoms. The Morgan fingerprint density at radius 2 is 2.29 bits per heavy atom. The molecule has 1 aromatic rings. The Hall–Kier alpha value is -1.43. The van der Waals surface area contributed by atoms with Gasteiger partial charge in [-0.1, -0.05) is 26.8 Å². The van der Waals surface area contributed by atoms with Gasteiger partial charge in [0.15, 0.2) is 0 Å². The van der Waals surface area contributed by atoms with Crippen molar-refractivity contribution in [2.24, 2.45) is 0 Å². The minimum Gasteiger partial charge on any atom is -0.480 e. The number of carboxylic acid groups (broad SMARTS) is 1. The number of nitrogens with zero attached hydrogens (tertiary/aromatic N) is 2. The highest BCUT2D eigenvalue weighted by molar-refractivity contribution is 7.09. The van der Waals surface area contributed by atoms with Crippen LogP contribution in [0.25, 0.3) is 0 Å². The van der Waals surface area contributed by atoms with Crippen LogP contribution < -0.4 is 5.32 Å². The van der Waals surface area contributed by atoms with Crippen LogP contribution in [0, 0.1) is 0 Å². The monoisotopic (exact) mass is 255 g/mol. The standard InChI is InChI=1S/C11H17N3O2S/c1-5-6-7(8(15)16)12-10-13-9(14-17-10)11(2,3)4/h5,7H,1,6H2,2-4H3,(H,15,16)(H,12,13,14). The van der Waals surface area contributed by atoms with Crippen molar-refractivity contribution in [1.29, 1.82) is 0 Å². The summed E-state index contributed by atoms with van der Waals surface area (Å²) >= 11 is 1.18. The number of hydrogen-bond acceptors (Lipinski definition) is 5. The van der Waals surface area contributed by atoms with Crippen molar-refractivity contribution < 1.29 is 9.90 Å². The van der Waals surface area contributed by atoms with Crippen molar-refractivity contribution >= 4 is 22.6 Å². The normalized spacial score (nSPS) is 13.1. The molecule has 0 saturated carbocycles. The van der Waals surface area contributed by atoms with Gasteiger partial charge in [0.25, 0.3) is 0 Å². The molecule has 0 bridgehead atoms. The van der Waals surface area contributed by atoms with E-state index < -0.39 is 12.0 Å². The Labute approximate surface area is 105 Å². The second kappa shape index (κ2) is 5.27. The molecule has 1 aromatic heterocycles. The first-order valence-electron chi connectivity index (χ1n) is 5.29. The first-order chi connectivity index (χ1) is 7.84. The summed E-state index contributed by atoms with van der Waals surface area (Å²) in [7, 11) is 0. The minimum atomic E-state index is -0.919. The third kappa shape index (κ3) is 3.81.